The molecule has 0 unspecified atom stereocenters. The smallest absolute Gasteiger partial charge is 0.200 e. The highest BCUT2D eigenvalue weighted by Crippen LogP contribution is 2.37. The zero-order valence-electron chi connectivity index (χ0n) is 17.9. The molecule has 0 saturated carbocycles. The number of ether oxygens (including phenoxy) is 1. The fraction of sp³-hybridized carbons (Fsp3) is 0.320. The number of rotatable bonds is 4. The normalized spacial score (nSPS) is 16.1. The average Bonchev–Trinajstić information content (AvgIpc) is 3.50. The summed E-state index contributed by atoms with van der Waals surface area (Å²) >= 11 is 0. The Bertz CT molecular complexity index is 1390. The molecule has 1 aliphatic rings. The number of nitrogens with one attached hydrogen (secondary N) is 2. The highest BCUT2D eigenvalue weighted by Gasteiger charge is 2.23. The maximum absolute atomic E-state index is 6.20. The summed E-state index contributed by atoms with van der Waals surface area (Å²) in [6.45, 7) is 2.28. The number of nitrogens with zero attached hydrogens (tertiary/aromatic N) is 2. The molecule has 2 aromatic carbocycles. The summed E-state index contributed by atoms with van der Waals surface area (Å²) in [7, 11) is 3.89. The molecule has 0 aliphatic carbocycles. The minimum absolute atomic E-state index is 0.569. The van der Waals surface area contributed by atoms with Gasteiger partial charge in [-0.2, -0.15) is 0 Å². The van der Waals surface area contributed by atoms with Crippen LogP contribution in [0.5, 0.6) is 5.75 Å². The van der Waals surface area contributed by atoms with Crippen LogP contribution in [0.3, 0.4) is 0 Å². The van der Waals surface area contributed by atoms with Crippen LogP contribution in [0.15, 0.2) is 47.1 Å². The van der Waals surface area contributed by atoms with Crippen LogP contribution in [0.2, 0.25) is 0 Å². The molecule has 5 aromatic rings. The van der Waals surface area contributed by atoms with E-state index in [2.05, 4.69) is 40.2 Å². The first kappa shape index (κ1) is 18.5. The molecule has 1 aliphatic heterocycles. The number of H-pyrrole nitrogens is 2. The van der Waals surface area contributed by atoms with Gasteiger partial charge in [0.05, 0.1) is 13.5 Å². The monoisotopic (exact) mass is 414 g/mol. The predicted molar refractivity (Wildman–Crippen MR) is 123 cm³/mol. The first-order valence-electron chi connectivity index (χ1n) is 10.9. The molecule has 3 aromatic heterocycles. The van der Waals surface area contributed by atoms with Gasteiger partial charge < -0.3 is 24.0 Å². The molecule has 2 N–H and O–H groups in total. The molecule has 1 fully saturated rings. The number of aromatic nitrogens is 3. The molecule has 0 bridgehead atoms. The summed E-state index contributed by atoms with van der Waals surface area (Å²) in [6.07, 6.45) is 7.24. The second kappa shape index (κ2) is 7.17. The van der Waals surface area contributed by atoms with Crippen molar-refractivity contribution < 1.29 is 9.15 Å². The third-order valence-electron chi connectivity index (χ3n) is 6.75. The van der Waals surface area contributed by atoms with Gasteiger partial charge in [0.1, 0.15) is 11.3 Å². The van der Waals surface area contributed by atoms with E-state index in [9.17, 15) is 0 Å². The van der Waals surface area contributed by atoms with Gasteiger partial charge >= 0.3 is 0 Å². The molecule has 0 radical (unpaired) electrons. The number of fused-ring (bicyclic) bond motifs is 4. The summed E-state index contributed by atoms with van der Waals surface area (Å²) < 4.78 is 11.5. The number of likely N-dealkylation sites (tertiary alicyclic amines) is 1. The zero-order valence-corrected chi connectivity index (χ0v) is 17.9. The van der Waals surface area contributed by atoms with E-state index in [-0.39, 0.29) is 0 Å². The molecule has 4 heterocycles. The number of methoxy groups -OCH3 is 1. The van der Waals surface area contributed by atoms with Gasteiger partial charge in [-0.05, 0) is 74.3 Å². The molecule has 6 heteroatoms. The average molecular weight is 415 g/mol. The lowest BCUT2D eigenvalue weighted by Crippen LogP contribution is -2.29. The number of oxazole rings is 1. The van der Waals surface area contributed by atoms with E-state index in [4.69, 9.17) is 14.1 Å². The zero-order chi connectivity index (χ0) is 20.9. The molecule has 1 saturated heterocycles. The van der Waals surface area contributed by atoms with Crippen LogP contribution in [0.4, 0.5) is 0 Å². The van der Waals surface area contributed by atoms with Crippen LogP contribution in [-0.4, -0.2) is 47.1 Å². The number of hydrogen-bond acceptors (Lipinski definition) is 4. The van der Waals surface area contributed by atoms with Crippen molar-refractivity contribution in [1.29, 1.82) is 0 Å². The van der Waals surface area contributed by atoms with Gasteiger partial charge in [0.15, 0.2) is 11.5 Å². The Morgan fingerprint density at radius 3 is 2.77 bits per heavy atom. The lowest BCUT2D eigenvalue weighted by atomic mass is 9.89. The van der Waals surface area contributed by atoms with E-state index in [1.165, 1.54) is 34.7 Å². The maximum Gasteiger partial charge on any atom is 0.200 e. The van der Waals surface area contributed by atoms with Crippen molar-refractivity contribution in [3.8, 4) is 5.75 Å². The number of hydrogen-bond donors (Lipinski definition) is 2. The fourth-order valence-electron chi connectivity index (χ4n) is 5.00. The largest absolute Gasteiger partial charge is 0.497 e. The Labute approximate surface area is 180 Å². The lowest BCUT2D eigenvalue weighted by molar-refractivity contribution is 0.256. The van der Waals surface area contributed by atoms with Gasteiger partial charge in [-0.15, -0.1) is 0 Å². The Hall–Kier alpha value is -3.25. The molecule has 0 spiro atoms. The second-order valence-corrected chi connectivity index (χ2v) is 8.67. The van der Waals surface area contributed by atoms with Gasteiger partial charge in [-0.25, -0.2) is 4.98 Å². The molecular formula is C25H26N4O2. The van der Waals surface area contributed by atoms with Crippen molar-refractivity contribution in [1.82, 2.24) is 19.9 Å². The summed E-state index contributed by atoms with van der Waals surface area (Å²) in [5.41, 5.74) is 6.59. The Morgan fingerprint density at radius 2 is 1.94 bits per heavy atom. The van der Waals surface area contributed by atoms with Gasteiger partial charge in [-0.3, -0.25) is 0 Å². The number of piperidine rings is 1. The fourth-order valence-corrected chi connectivity index (χ4v) is 5.00. The quantitative estimate of drug-likeness (QED) is 0.424. The van der Waals surface area contributed by atoms with E-state index in [1.807, 2.05) is 24.4 Å². The molecule has 0 atom stereocenters. The van der Waals surface area contributed by atoms with Gasteiger partial charge in [0.25, 0.3) is 0 Å². The molecule has 0 amide bonds. The van der Waals surface area contributed by atoms with Gasteiger partial charge in [-0.1, -0.05) is 0 Å². The van der Waals surface area contributed by atoms with Crippen molar-refractivity contribution in [2.24, 2.45) is 0 Å². The van der Waals surface area contributed by atoms with E-state index in [0.29, 0.717) is 12.3 Å². The number of aromatic amines is 2. The second-order valence-electron chi connectivity index (χ2n) is 8.67. The summed E-state index contributed by atoms with van der Waals surface area (Å²) in [4.78, 5) is 14.2. The van der Waals surface area contributed by atoms with Crippen molar-refractivity contribution in [3.63, 3.8) is 0 Å². The summed E-state index contributed by atoms with van der Waals surface area (Å²) in [5, 5.41) is 2.40. The van der Waals surface area contributed by atoms with E-state index in [1.54, 1.807) is 7.11 Å². The van der Waals surface area contributed by atoms with Crippen LogP contribution < -0.4 is 4.74 Å². The molecule has 6 rings (SSSR count). The minimum atomic E-state index is 0.569. The van der Waals surface area contributed by atoms with E-state index >= 15 is 0 Å². The highest BCUT2D eigenvalue weighted by atomic mass is 16.5. The van der Waals surface area contributed by atoms with Crippen molar-refractivity contribution in [2.75, 3.05) is 27.2 Å². The van der Waals surface area contributed by atoms with Crippen LogP contribution in [-0.2, 0) is 6.42 Å². The first-order valence-corrected chi connectivity index (χ1v) is 10.9. The highest BCUT2D eigenvalue weighted by molar-refractivity contribution is 6.04. The van der Waals surface area contributed by atoms with Crippen LogP contribution in [0.1, 0.15) is 35.8 Å². The first-order chi connectivity index (χ1) is 15.2. The van der Waals surface area contributed by atoms with Crippen molar-refractivity contribution in [2.45, 2.75) is 25.2 Å². The topological polar surface area (TPSA) is 70.1 Å². The van der Waals surface area contributed by atoms with Gasteiger partial charge in [0.2, 0.25) is 0 Å². The third-order valence-corrected chi connectivity index (χ3v) is 6.75. The minimum Gasteiger partial charge on any atom is -0.497 e. The predicted octanol–water partition coefficient (Wildman–Crippen LogP) is 5.20. The lowest BCUT2D eigenvalue weighted by Gasteiger charge is -2.28. The molecule has 31 heavy (non-hydrogen) atoms. The molecule has 158 valence electrons. The molecule has 6 nitrogen and oxygen atoms in total. The van der Waals surface area contributed by atoms with Crippen LogP contribution in [0, 0.1) is 0 Å². The van der Waals surface area contributed by atoms with Crippen molar-refractivity contribution >= 4 is 32.9 Å². The third kappa shape index (κ3) is 3.10. The summed E-state index contributed by atoms with van der Waals surface area (Å²) in [6, 6.07) is 10.2. The van der Waals surface area contributed by atoms with E-state index in [0.717, 1.165) is 46.9 Å². The van der Waals surface area contributed by atoms with Crippen LogP contribution >= 0.6 is 0 Å². The SMILES string of the molecule is COc1ccc2c(Cc3nc4c(ccc5[nH]cc(C6CCN(C)CC6)c54)o3)c[nH]c2c1. The van der Waals surface area contributed by atoms with Crippen molar-refractivity contribution in [3.05, 3.63) is 59.7 Å². The van der Waals surface area contributed by atoms with E-state index < -0.39 is 0 Å². The Balaban J connectivity index is 1.39. The standard InChI is InChI=1S/C25H26N4O2/c1-29-9-7-15(8-10-29)19-14-27-20-5-6-22-25(24(19)20)28-23(31-22)11-16-13-26-21-12-17(30-2)3-4-18(16)21/h3-6,12-15,26-27H,7-11H2,1-2H3. The Kier molecular flexibility index (Phi) is 4.28. The molecular weight excluding hydrogens is 388 g/mol. The van der Waals surface area contributed by atoms with Crippen LogP contribution in [0.25, 0.3) is 32.9 Å². The number of benzene rings is 2. The maximum atomic E-state index is 6.20. The van der Waals surface area contributed by atoms with Gasteiger partial charge in [0, 0.05) is 40.3 Å². The summed E-state index contributed by atoms with van der Waals surface area (Å²) in [5.74, 6) is 2.16. The Morgan fingerprint density at radius 1 is 1.10 bits per heavy atom.